The van der Waals surface area contributed by atoms with Gasteiger partial charge in [-0.05, 0) is 67.3 Å². The molecule has 0 N–H and O–H groups in total. The van der Waals surface area contributed by atoms with Crippen LogP contribution in [0.25, 0.3) is 11.4 Å². The van der Waals surface area contributed by atoms with Crippen LogP contribution in [0.15, 0.2) is 40.9 Å². The molecule has 188 valence electrons. The molecular weight excluding hydrogens is 458 g/mol. The zero-order valence-electron chi connectivity index (χ0n) is 20.8. The molecule has 3 heterocycles. The number of amides is 1. The van der Waals surface area contributed by atoms with Crippen molar-refractivity contribution in [1.29, 1.82) is 0 Å². The molecule has 1 amide bonds. The lowest BCUT2D eigenvalue weighted by Gasteiger charge is -2.46. The number of rotatable bonds is 5. The minimum absolute atomic E-state index is 0.0145. The second kappa shape index (κ2) is 9.15. The summed E-state index contributed by atoms with van der Waals surface area (Å²) in [4.78, 5) is 20.1. The maximum atomic E-state index is 13.5. The molecule has 8 heteroatoms. The smallest absolute Gasteiger partial charge is 0.227 e. The van der Waals surface area contributed by atoms with Gasteiger partial charge in [-0.25, -0.2) is 0 Å². The second-order valence-corrected chi connectivity index (χ2v) is 10.0. The predicted octanol–water partition coefficient (Wildman–Crippen LogP) is 4.86. The normalized spacial score (nSPS) is 19.8. The summed E-state index contributed by atoms with van der Waals surface area (Å²) in [5, 5.41) is 4.10. The topological polar surface area (TPSA) is 86.9 Å². The van der Waals surface area contributed by atoms with E-state index >= 15 is 0 Å². The van der Waals surface area contributed by atoms with Gasteiger partial charge in [0.1, 0.15) is 19.0 Å². The summed E-state index contributed by atoms with van der Waals surface area (Å²) in [6, 6.07) is 11.8. The van der Waals surface area contributed by atoms with Crippen molar-refractivity contribution in [3.05, 3.63) is 53.4 Å². The molecular formula is C28H31N3O5. The number of aromatic nitrogens is 2. The Morgan fingerprint density at radius 3 is 2.56 bits per heavy atom. The van der Waals surface area contributed by atoms with Gasteiger partial charge in [0, 0.05) is 30.4 Å². The van der Waals surface area contributed by atoms with E-state index in [1.807, 2.05) is 29.2 Å². The Labute approximate surface area is 210 Å². The zero-order chi connectivity index (χ0) is 24.7. The highest BCUT2D eigenvalue weighted by atomic mass is 16.6. The summed E-state index contributed by atoms with van der Waals surface area (Å²) >= 11 is 0. The number of ether oxygens (including phenoxy) is 3. The van der Waals surface area contributed by atoms with Crippen LogP contribution in [-0.2, 0) is 16.6 Å². The summed E-state index contributed by atoms with van der Waals surface area (Å²) in [6.07, 6.45) is 5.27. The maximum absolute atomic E-state index is 13.5. The fourth-order valence-corrected chi connectivity index (χ4v) is 5.98. The number of methoxy groups -OCH3 is 1. The molecule has 8 nitrogen and oxygen atoms in total. The SMILES string of the molecule is COc1ccc(-c2noc(CCC(=O)N3CC4(CCCC4)c4cc5c(cc4C3C)OCCO5)n2)cc1. The number of carbonyl (C=O) groups excluding carboxylic acids is 1. The van der Waals surface area contributed by atoms with Crippen molar-refractivity contribution in [3.8, 4) is 28.6 Å². The Morgan fingerprint density at radius 2 is 1.83 bits per heavy atom. The van der Waals surface area contributed by atoms with Crippen LogP contribution >= 0.6 is 0 Å². The monoisotopic (exact) mass is 489 g/mol. The highest BCUT2D eigenvalue weighted by Gasteiger charge is 2.46. The summed E-state index contributed by atoms with van der Waals surface area (Å²) in [5.74, 6) is 3.48. The molecule has 1 unspecified atom stereocenters. The number of carbonyl (C=O) groups is 1. The Hall–Kier alpha value is -3.55. The molecule has 6 rings (SSSR count). The van der Waals surface area contributed by atoms with Crippen molar-refractivity contribution in [1.82, 2.24) is 15.0 Å². The van der Waals surface area contributed by atoms with Gasteiger partial charge in [0.2, 0.25) is 17.6 Å². The molecule has 1 spiro atoms. The van der Waals surface area contributed by atoms with Gasteiger partial charge in [0.25, 0.3) is 0 Å². The lowest BCUT2D eigenvalue weighted by Crippen LogP contribution is -2.48. The van der Waals surface area contributed by atoms with E-state index < -0.39 is 0 Å². The van der Waals surface area contributed by atoms with Crippen LogP contribution in [-0.4, -0.2) is 47.8 Å². The minimum atomic E-state index is -0.0351. The lowest BCUT2D eigenvalue weighted by molar-refractivity contribution is -0.135. The molecule has 36 heavy (non-hydrogen) atoms. The average molecular weight is 490 g/mol. The van der Waals surface area contributed by atoms with E-state index in [0.717, 1.165) is 42.2 Å². The largest absolute Gasteiger partial charge is 0.497 e. The van der Waals surface area contributed by atoms with Gasteiger partial charge in [0.15, 0.2) is 11.5 Å². The van der Waals surface area contributed by atoms with Crippen molar-refractivity contribution < 1.29 is 23.5 Å². The molecule has 0 radical (unpaired) electrons. The number of benzene rings is 2. The average Bonchev–Trinajstić information content (AvgIpc) is 3.59. The number of fused-ring (bicyclic) bond motifs is 3. The Bertz CT molecular complexity index is 1260. The highest BCUT2D eigenvalue weighted by Crippen LogP contribution is 2.52. The van der Waals surface area contributed by atoms with E-state index in [-0.39, 0.29) is 17.4 Å². The van der Waals surface area contributed by atoms with Crippen LogP contribution in [0.1, 0.15) is 62.1 Å². The number of nitrogens with zero attached hydrogens (tertiary/aromatic N) is 3. The van der Waals surface area contributed by atoms with Gasteiger partial charge < -0.3 is 23.6 Å². The van der Waals surface area contributed by atoms with Gasteiger partial charge in [-0.2, -0.15) is 4.98 Å². The van der Waals surface area contributed by atoms with E-state index in [0.29, 0.717) is 37.8 Å². The number of hydrogen-bond acceptors (Lipinski definition) is 7. The molecule has 2 aliphatic heterocycles. The van der Waals surface area contributed by atoms with Crippen LogP contribution in [0.4, 0.5) is 0 Å². The van der Waals surface area contributed by atoms with Crippen LogP contribution in [0.5, 0.6) is 17.2 Å². The summed E-state index contributed by atoms with van der Waals surface area (Å²) in [5.41, 5.74) is 3.34. The fraction of sp³-hybridized carbons (Fsp3) is 0.464. The van der Waals surface area contributed by atoms with Gasteiger partial charge in [-0.15, -0.1) is 0 Å². The molecule has 1 aromatic heterocycles. The molecule has 3 aromatic rings. The first-order valence-electron chi connectivity index (χ1n) is 12.8. The summed E-state index contributed by atoms with van der Waals surface area (Å²) < 4.78 is 22.4. The molecule has 1 atom stereocenters. The van der Waals surface area contributed by atoms with Gasteiger partial charge in [0.05, 0.1) is 13.2 Å². The Morgan fingerprint density at radius 1 is 1.11 bits per heavy atom. The van der Waals surface area contributed by atoms with E-state index in [9.17, 15) is 4.79 Å². The fourth-order valence-electron chi connectivity index (χ4n) is 5.98. The third-order valence-corrected chi connectivity index (χ3v) is 7.93. The Balaban J connectivity index is 1.20. The lowest BCUT2D eigenvalue weighted by atomic mass is 9.71. The summed E-state index contributed by atoms with van der Waals surface area (Å²) in [7, 11) is 1.63. The third-order valence-electron chi connectivity index (χ3n) is 7.93. The zero-order valence-corrected chi connectivity index (χ0v) is 20.8. The molecule has 0 bridgehead atoms. The molecule has 1 saturated carbocycles. The van der Waals surface area contributed by atoms with Crippen LogP contribution in [0, 0.1) is 0 Å². The molecule has 3 aliphatic rings. The molecule has 1 fully saturated rings. The molecule has 0 saturated heterocycles. The quantitative estimate of drug-likeness (QED) is 0.506. The maximum Gasteiger partial charge on any atom is 0.227 e. The van der Waals surface area contributed by atoms with Crippen LogP contribution in [0.3, 0.4) is 0 Å². The summed E-state index contributed by atoms with van der Waals surface area (Å²) in [6.45, 7) is 3.98. The van der Waals surface area contributed by atoms with E-state index in [1.165, 1.54) is 24.0 Å². The van der Waals surface area contributed by atoms with Crippen molar-refractivity contribution in [2.75, 3.05) is 26.9 Å². The van der Waals surface area contributed by atoms with Crippen molar-refractivity contribution >= 4 is 5.91 Å². The van der Waals surface area contributed by atoms with Gasteiger partial charge in [-0.1, -0.05) is 18.0 Å². The number of hydrogen-bond donors (Lipinski definition) is 0. The van der Waals surface area contributed by atoms with Crippen LogP contribution < -0.4 is 14.2 Å². The first-order chi connectivity index (χ1) is 17.6. The van der Waals surface area contributed by atoms with Crippen molar-refractivity contribution in [2.24, 2.45) is 0 Å². The first kappa shape index (κ1) is 22.9. The molecule has 2 aromatic carbocycles. The van der Waals surface area contributed by atoms with E-state index in [4.69, 9.17) is 18.7 Å². The second-order valence-electron chi connectivity index (χ2n) is 10.0. The van der Waals surface area contributed by atoms with Crippen molar-refractivity contribution in [3.63, 3.8) is 0 Å². The van der Waals surface area contributed by atoms with Crippen LogP contribution in [0.2, 0.25) is 0 Å². The minimum Gasteiger partial charge on any atom is -0.497 e. The van der Waals surface area contributed by atoms with Gasteiger partial charge >= 0.3 is 0 Å². The van der Waals surface area contributed by atoms with Gasteiger partial charge in [-0.3, -0.25) is 4.79 Å². The predicted molar refractivity (Wildman–Crippen MR) is 132 cm³/mol. The van der Waals surface area contributed by atoms with Crippen molar-refractivity contribution in [2.45, 2.75) is 56.9 Å². The Kier molecular flexibility index (Phi) is 5.82. The van der Waals surface area contributed by atoms with E-state index in [2.05, 4.69) is 29.2 Å². The third kappa shape index (κ3) is 3.98. The standard InChI is InChI=1S/C28H31N3O5/c1-18-21-15-23-24(35-14-13-34-23)16-22(21)28(11-3-4-12-28)17-31(18)26(32)10-9-25-29-27(30-36-25)19-5-7-20(33-2)8-6-19/h5-8,15-16,18H,3-4,9-14,17H2,1-2H3. The highest BCUT2D eigenvalue weighted by molar-refractivity contribution is 5.78. The molecule has 1 aliphatic carbocycles. The number of aryl methyl sites for hydroxylation is 1. The van der Waals surface area contributed by atoms with E-state index in [1.54, 1.807) is 7.11 Å². The first-order valence-corrected chi connectivity index (χ1v) is 12.8.